The van der Waals surface area contributed by atoms with Gasteiger partial charge >= 0.3 is 0 Å². The third-order valence-corrected chi connectivity index (χ3v) is 3.72. The molecule has 0 fully saturated rings. The molecule has 1 aromatic carbocycles. The van der Waals surface area contributed by atoms with Crippen molar-refractivity contribution in [3.8, 4) is 16.2 Å². The zero-order valence-corrected chi connectivity index (χ0v) is 11.2. The topological polar surface area (TPSA) is 21.3 Å². The summed E-state index contributed by atoms with van der Waals surface area (Å²) in [7, 11) is 3.67. The Bertz CT molecular complexity index is 505. The van der Waals surface area contributed by atoms with E-state index in [0.29, 0.717) is 0 Å². The van der Waals surface area contributed by atoms with Crippen molar-refractivity contribution in [2.45, 2.75) is 13.5 Å². The average Bonchev–Trinajstić information content (AvgIpc) is 2.77. The van der Waals surface area contributed by atoms with Gasteiger partial charge in [-0.1, -0.05) is 6.07 Å². The van der Waals surface area contributed by atoms with Gasteiger partial charge < -0.3 is 10.1 Å². The van der Waals surface area contributed by atoms with Crippen molar-refractivity contribution in [1.82, 2.24) is 5.32 Å². The lowest BCUT2D eigenvalue weighted by atomic mass is 10.1. The lowest BCUT2D eigenvalue weighted by Crippen LogP contribution is -2.06. The molecule has 0 aliphatic rings. The lowest BCUT2D eigenvalue weighted by Gasteiger charge is -2.09. The quantitative estimate of drug-likeness (QED) is 0.893. The van der Waals surface area contributed by atoms with E-state index >= 15 is 0 Å². The molecule has 1 N–H and O–H groups in total. The summed E-state index contributed by atoms with van der Waals surface area (Å²) in [4.78, 5) is 2.63. The van der Waals surface area contributed by atoms with E-state index in [2.05, 4.69) is 36.5 Å². The maximum atomic E-state index is 5.30. The Hall–Kier alpha value is -1.32. The first-order chi connectivity index (χ1) is 8.24. The summed E-state index contributed by atoms with van der Waals surface area (Å²) in [5, 5.41) is 3.20. The van der Waals surface area contributed by atoms with Gasteiger partial charge in [0.25, 0.3) is 0 Å². The molecular formula is C14H17NOS. The van der Waals surface area contributed by atoms with Gasteiger partial charge in [-0.25, -0.2) is 0 Å². The molecule has 0 radical (unpaired) electrons. The number of hydrogen-bond acceptors (Lipinski definition) is 3. The van der Waals surface area contributed by atoms with Gasteiger partial charge in [0, 0.05) is 16.3 Å². The van der Waals surface area contributed by atoms with E-state index in [0.717, 1.165) is 12.3 Å². The third-order valence-electron chi connectivity index (χ3n) is 2.69. The maximum absolute atomic E-state index is 5.30. The number of benzene rings is 1. The van der Waals surface area contributed by atoms with E-state index in [1.807, 2.05) is 24.5 Å². The molecular weight excluding hydrogens is 230 g/mol. The number of methoxy groups -OCH3 is 1. The van der Waals surface area contributed by atoms with Crippen LogP contribution in [0.15, 0.2) is 30.3 Å². The van der Waals surface area contributed by atoms with E-state index in [4.69, 9.17) is 4.74 Å². The van der Waals surface area contributed by atoms with Crippen LogP contribution in [0, 0.1) is 6.92 Å². The predicted octanol–water partition coefficient (Wildman–Crippen LogP) is 3.45. The zero-order chi connectivity index (χ0) is 12.3. The Labute approximate surface area is 106 Å². The van der Waals surface area contributed by atoms with Gasteiger partial charge in [0.2, 0.25) is 0 Å². The summed E-state index contributed by atoms with van der Waals surface area (Å²) < 4.78 is 5.30. The largest absolute Gasteiger partial charge is 0.497 e. The highest BCUT2D eigenvalue weighted by Crippen LogP contribution is 2.33. The standard InChI is InChI=1S/C14H17NOS/c1-10-4-7-14(17-10)13-8-12(16-3)6-5-11(13)9-15-2/h4-8,15H,9H2,1-3H3. The molecule has 0 amide bonds. The van der Waals surface area contributed by atoms with Crippen molar-refractivity contribution < 1.29 is 4.74 Å². The minimum atomic E-state index is 0.871. The first kappa shape index (κ1) is 12.1. The Morgan fingerprint density at radius 2 is 2.06 bits per heavy atom. The summed E-state index contributed by atoms with van der Waals surface area (Å²) in [6.07, 6.45) is 0. The second-order valence-corrected chi connectivity index (χ2v) is 5.25. The van der Waals surface area contributed by atoms with Crippen LogP contribution in [-0.4, -0.2) is 14.2 Å². The molecule has 0 spiro atoms. The fourth-order valence-corrected chi connectivity index (χ4v) is 2.75. The van der Waals surface area contributed by atoms with Crippen LogP contribution in [0.4, 0.5) is 0 Å². The normalized spacial score (nSPS) is 10.5. The second kappa shape index (κ2) is 5.34. The van der Waals surface area contributed by atoms with Crippen LogP contribution in [0.5, 0.6) is 5.75 Å². The number of hydrogen-bond donors (Lipinski definition) is 1. The van der Waals surface area contributed by atoms with Crippen LogP contribution >= 0.6 is 11.3 Å². The number of aryl methyl sites for hydroxylation is 1. The van der Waals surface area contributed by atoms with Crippen LogP contribution in [0.3, 0.4) is 0 Å². The van der Waals surface area contributed by atoms with Gasteiger partial charge in [0.15, 0.2) is 0 Å². The molecule has 1 heterocycles. The molecule has 0 aliphatic carbocycles. The van der Waals surface area contributed by atoms with Gasteiger partial charge in [-0.2, -0.15) is 0 Å². The van der Waals surface area contributed by atoms with Crippen LogP contribution in [0.1, 0.15) is 10.4 Å². The van der Waals surface area contributed by atoms with Gasteiger partial charge in [-0.05, 0) is 49.4 Å². The van der Waals surface area contributed by atoms with Crippen LogP contribution in [0.25, 0.3) is 10.4 Å². The Balaban J connectivity index is 2.48. The first-order valence-corrected chi connectivity index (χ1v) is 6.44. The zero-order valence-electron chi connectivity index (χ0n) is 10.4. The van der Waals surface area contributed by atoms with Crippen molar-refractivity contribution in [1.29, 1.82) is 0 Å². The van der Waals surface area contributed by atoms with E-state index in [1.165, 1.54) is 20.9 Å². The molecule has 0 saturated carbocycles. The second-order valence-electron chi connectivity index (χ2n) is 3.96. The molecule has 17 heavy (non-hydrogen) atoms. The average molecular weight is 247 g/mol. The molecule has 2 aromatic rings. The van der Waals surface area contributed by atoms with Crippen molar-refractivity contribution >= 4 is 11.3 Å². The number of rotatable bonds is 4. The van der Waals surface area contributed by atoms with Crippen molar-refractivity contribution in [3.05, 3.63) is 40.8 Å². The third kappa shape index (κ3) is 2.68. The maximum Gasteiger partial charge on any atom is 0.119 e. The minimum Gasteiger partial charge on any atom is -0.497 e. The Kier molecular flexibility index (Phi) is 3.82. The van der Waals surface area contributed by atoms with Crippen LogP contribution < -0.4 is 10.1 Å². The van der Waals surface area contributed by atoms with Gasteiger partial charge in [-0.3, -0.25) is 0 Å². The van der Waals surface area contributed by atoms with E-state index < -0.39 is 0 Å². The van der Waals surface area contributed by atoms with E-state index in [-0.39, 0.29) is 0 Å². The van der Waals surface area contributed by atoms with Crippen LogP contribution in [-0.2, 0) is 6.54 Å². The highest BCUT2D eigenvalue weighted by molar-refractivity contribution is 7.15. The molecule has 2 rings (SSSR count). The molecule has 0 unspecified atom stereocenters. The van der Waals surface area contributed by atoms with E-state index in [1.54, 1.807) is 7.11 Å². The van der Waals surface area contributed by atoms with Crippen molar-refractivity contribution in [2.24, 2.45) is 0 Å². The molecule has 2 nitrogen and oxygen atoms in total. The molecule has 1 aromatic heterocycles. The summed E-state index contributed by atoms with van der Waals surface area (Å²) in [6.45, 7) is 3.00. The molecule has 3 heteroatoms. The van der Waals surface area contributed by atoms with Gasteiger partial charge in [0.05, 0.1) is 7.11 Å². The van der Waals surface area contributed by atoms with Crippen molar-refractivity contribution in [2.75, 3.05) is 14.2 Å². The van der Waals surface area contributed by atoms with Gasteiger partial charge in [0.1, 0.15) is 5.75 Å². The van der Waals surface area contributed by atoms with Gasteiger partial charge in [-0.15, -0.1) is 11.3 Å². The Morgan fingerprint density at radius 1 is 1.24 bits per heavy atom. The fraction of sp³-hybridized carbons (Fsp3) is 0.286. The SMILES string of the molecule is CNCc1ccc(OC)cc1-c1ccc(C)s1. The number of ether oxygens (including phenoxy) is 1. The summed E-state index contributed by atoms with van der Waals surface area (Å²) >= 11 is 1.82. The fourth-order valence-electron chi connectivity index (χ4n) is 1.84. The molecule has 0 saturated heterocycles. The summed E-state index contributed by atoms with van der Waals surface area (Å²) in [5.41, 5.74) is 2.56. The molecule has 0 atom stereocenters. The highest BCUT2D eigenvalue weighted by atomic mass is 32.1. The smallest absolute Gasteiger partial charge is 0.119 e. The predicted molar refractivity (Wildman–Crippen MR) is 73.8 cm³/mol. The summed E-state index contributed by atoms with van der Waals surface area (Å²) in [6, 6.07) is 10.6. The number of nitrogens with one attached hydrogen (secondary N) is 1. The first-order valence-electron chi connectivity index (χ1n) is 5.63. The highest BCUT2D eigenvalue weighted by Gasteiger charge is 2.08. The van der Waals surface area contributed by atoms with Crippen LogP contribution in [0.2, 0.25) is 0 Å². The molecule has 0 bridgehead atoms. The monoisotopic (exact) mass is 247 g/mol. The lowest BCUT2D eigenvalue weighted by molar-refractivity contribution is 0.415. The summed E-state index contributed by atoms with van der Waals surface area (Å²) in [5.74, 6) is 0.908. The van der Waals surface area contributed by atoms with Crippen molar-refractivity contribution in [3.63, 3.8) is 0 Å². The molecule has 90 valence electrons. The Morgan fingerprint density at radius 3 is 2.65 bits per heavy atom. The van der Waals surface area contributed by atoms with E-state index in [9.17, 15) is 0 Å². The molecule has 0 aliphatic heterocycles. The number of thiophene rings is 1. The minimum absolute atomic E-state index is 0.871.